The molecule has 3 aromatic carbocycles. The van der Waals surface area contributed by atoms with Gasteiger partial charge in [-0.15, -0.1) is 0 Å². The number of aryl methyl sites for hydroxylation is 1. The lowest BCUT2D eigenvalue weighted by Crippen LogP contribution is -2.05. The summed E-state index contributed by atoms with van der Waals surface area (Å²) < 4.78 is 0. The van der Waals surface area contributed by atoms with Gasteiger partial charge in [-0.25, -0.2) is 0 Å². The molecule has 0 N–H and O–H groups in total. The minimum atomic E-state index is 0.832. The van der Waals surface area contributed by atoms with Crippen molar-refractivity contribution < 1.29 is 0 Å². The first-order valence-electron chi connectivity index (χ1n) is 7.55. The Hall–Kier alpha value is -2.67. The van der Waals surface area contributed by atoms with Crippen molar-refractivity contribution in [3.05, 3.63) is 102 Å². The van der Waals surface area contributed by atoms with Gasteiger partial charge in [-0.05, 0) is 30.2 Å². The van der Waals surface area contributed by atoms with E-state index in [1.807, 2.05) is 12.1 Å². The van der Waals surface area contributed by atoms with E-state index in [4.69, 9.17) is 4.99 Å². The maximum absolute atomic E-state index is 4.88. The summed E-state index contributed by atoms with van der Waals surface area (Å²) in [5.74, 6) is 0. The second-order valence-corrected chi connectivity index (χ2v) is 5.42. The van der Waals surface area contributed by atoms with Crippen molar-refractivity contribution in [1.82, 2.24) is 0 Å². The molecule has 0 aliphatic carbocycles. The molecule has 0 bridgehead atoms. The quantitative estimate of drug-likeness (QED) is 0.572. The van der Waals surface area contributed by atoms with Gasteiger partial charge in [-0.3, -0.25) is 4.99 Å². The molecule has 3 aromatic rings. The topological polar surface area (TPSA) is 12.4 Å². The molecule has 1 nitrogen and oxygen atoms in total. The number of aliphatic imine (C=N–C) groups is 1. The van der Waals surface area contributed by atoms with Crippen LogP contribution < -0.4 is 0 Å². The Bertz CT molecular complexity index is 741. The first-order valence-corrected chi connectivity index (χ1v) is 7.55. The molecule has 0 saturated heterocycles. The molecular formula is C21H19N. The standard InChI is InChI=1S/C21H19N/c1-17-12-14-20(15-13-17)22-21(19-10-6-3-7-11-19)16-18-8-4-2-5-9-18/h2-15H,16H2,1H3/b22-21+. The van der Waals surface area contributed by atoms with E-state index in [9.17, 15) is 0 Å². The van der Waals surface area contributed by atoms with E-state index in [0.29, 0.717) is 0 Å². The van der Waals surface area contributed by atoms with E-state index < -0.39 is 0 Å². The van der Waals surface area contributed by atoms with Gasteiger partial charge in [0, 0.05) is 6.42 Å². The van der Waals surface area contributed by atoms with Crippen molar-refractivity contribution in [2.24, 2.45) is 4.99 Å². The third-order valence-electron chi connectivity index (χ3n) is 3.62. The maximum Gasteiger partial charge on any atom is 0.0633 e. The molecule has 0 amide bonds. The predicted octanol–water partition coefficient (Wildman–Crippen LogP) is 5.36. The van der Waals surface area contributed by atoms with Crippen molar-refractivity contribution in [3.8, 4) is 0 Å². The van der Waals surface area contributed by atoms with Crippen LogP contribution in [-0.2, 0) is 6.42 Å². The summed E-state index contributed by atoms with van der Waals surface area (Å²) in [4.78, 5) is 4.88. The zero-order valence-corrected chi connectivity index (χ0v) is 12.7. The van der Waals surface area contributed by atoms with E-state index in [-0.39, 0.29) is 0 Å². The van der Waals surface area contributed by atoms with Crippen molar-refractivity contribution in [2.45, 2.75) is 13.3 Å². The second kappa shape index (κ2) is 6.86. The van der Waals surface area contributed by atoms with E-state index in [2.05, 4.69) is 79.7 Å². The summed E-state index contributed by atoms with van der Waals surface area (Å²) in [6, 6.07) is 29.2. The molecule has 0 heterocycles. The molecule has 0 saturated carbocycles. The van der Waals surface area contributed by atoms with Crippen LogP contribution in [0.1, 0.15) is 16.7 Å². The first kappa shape index (κ1) is 14.3. The highest BCUT2D eigenvalue weighted by atomic mass is 14.7. The molecule has 0 unspecified atom stereocenters. The van der Waals surface area contributed by atoms with Crippen molar-refractivity contribution >= 4 is 11.4 Å². The number of benzene rings is 3. The van der Waals surface area contributed by atoms with E-state index in [1.54, 1.807) is 0 Å². The van der Waals surface area contributed by atoms with Gasteiger partial charge >= 0.3 is 0 Å². The monoisotopic (exact) mass is 285 g/mol. The van der Waals surface area contributed by atoms with Gasteiger partial charge in [0.25, 0.3) is 0 Å². The Balaban J connectivity index is 1.97. The van der Waals surface area contributed by atoms with Crippen LogP contribution in [0.5, 0.6) is 0 Å². The first-order chi connectivity index (χ1) is 10.8. The van der Waals surface area contributed by atoms with Crippen LogP contribution in [0.4, 0.5) is 5.69 Å². The zero-order valence-electron chi connectivity index (χ0n) is 12.7. The van der Waals surface area contributed by atoms with Gasteiger partial charge in [0.15, 0.2) is 0 Å². The summed E-state index contributed by atoms with van der Waals surface area (Å²) in [6.45, 7) is 2.09. The highest BCUT2D eigenvalue weighted by Crippen LogP contribution is 2.17. The molecule has 22 heavy (non-hydrogen) atoms. The molecule has 0 atom stereocenters. The third-order valence-corrected chi connectivity index (χ3v) is 3.62. The van der Waals surface area contributed by atoms with Crippen LogP contribution in [0, 0.1) is 6.92 Å². The summed E-state index contributed by atoms with van der Waals surface area (Å²) in [7, 11) is 0. The van der Waals surface area contributed by atoms with Gasteiger partial charge in [0.1, 0.15) is 0 Å². The van der Waals surface area contributed by atoms with Gasteiger partial charge in [-0.2, -0.15) is 0 Å². The SMILES string of the molecule is Cc1ccc(/N=C(\Cc2ccccc2)c2ccccc2)cc1. The van der Waals surface area contributed by atoms with Crippen LogP contribution in [0.3, 0.4) is 0 Å². The molecule has 0 aliphatic rings. The molecule has 0 aliphatic heterocycles. The Kier molecular flexibility index (Phi) is 4.45. The summed E-state index contributed by atoms with van der Waals surface area (Å²) >= 11 is 0. The minimum absolute atomic E-state index is 0.832. The highest BCUT2D eigenvalue weighted by molar-refractivity contribution is 6.03. The van der Waals surface area contributed by atoms with E-state index in [0.717, 1.165) is 17.8 Å². The fourth-order valence-corrected chi connectivity index (χ4v) is 2.40. The maximum atomic E-state index is 4.88. The molecule has 108 valence electrons. The second-order valence-electron chi connectivity index (χ2n) is 5.42. The van der Waals surface area contributed by atoms with E-state index >= 15 is 0 Å². The van der Waals surface area contributed by atoms with Crippen LogP contribution in [0.15, 0.2) is 89.9 Å². The van der Waals surface area contributed by atoms with Crippen LogP contribution in [0.25, 0.3) is 0 Å². The highest BCUT2D eigenvalue weighted by Gasteiger charge is 2.05. The Morgan fingerprint density at radius 1 is 0.727 bits per heavy atom. The van der Waals surface area contributed by atoms with Crippen molar-refractivity contribution in [3.63, 3.8) is 0 Å². The molecular weight excluding hydrogens is 266 g/mol. The normalized spacial score (nSPS) is 11.4. The van der Waals surface area contributed by atoms with Crippen molar-refractivity contribution in [1.29, 1.82) is 0 Å². The molecule has 3 rings (SSSR count). The molecule has 0 fully saturated rings. The largest absolute Gasteiger partial charge is 0.252 e. The smallest absolute Gasteiger partial charge is 0.0633 e. The Morgan fingerprint density at radius 3 is 1.95 bits per heavy atom. The molecule has 0 aromatic heterocycles. The van der Waals surface area contributed by atoms with Gasteiger partial charge in [0.2, 0.25) is 0 Å². The Morgan fingerprint density at radius 2 is 1.32 bits per heavy atom. The van der Waals surface area contributed by atoms with Crippen LogP contribution in [-0.4, -0.2) is 5.71 Å². The molecule has 0 radical (unpaired) electrons. The minimum Gasteiger partial charge on any atom is -0.252 e. The summed E-state index contributed by atoms with van der Waals surface area (Å²) in [5, 5.41) is 0. The average Bonchev–Trinajstić information content (AvgIpc) is 2.58. The fourth-order valence-electron chi connectivity index (χ4n) is 2.40. The van der Waals surface area contributed by atoms with Crippen LogP contribution in [0.2, 0.25) is 0 Å². The van der Waals surface area contributed by atoms with E-state index in [1.165, 1.54) is 16.7 Å². The average molecular weight is 285 g/mol. The summed E-state index contributed by atoms with van der Waals surface area (Å²) in [6.07, 6.45) is 0.832. The lowest BCUT2D eigenvalue weighted by atomic mass is 10.0. The van der Waals surface area contributed by atoms with Gasteiger partial charge < -0.3 is 0 Å². The van der Waals surface area contributed by atoms with Gasteiger partial charge in [-0.1, -0.05) is 78.4 Å². The number of hydrogen-bond acceptors (Lipinski definition) is 1. The fraction of sp³-hybridized carbons (Fsp3) is 0.0952. The van der Waals surface area contributed by atoms with Crippen molar-refractivity contribution in [2.75, 3.05) is 0 Å². The van der Waals surface area contributed by atoms with Gasteiger partial charge in [0.05, 0.1) is 11.4 Å². The number of nitrogens with zero attached hydrogens (tertiary/aromatic N) is 1. The third kappa shape index (κ3) is 3.70. The predicted molar refractivity (Wildman–Crippen MR) is 94.0 cm³/mol. The molecule has 0 spiro atoms. The summed E-state index contributed by atoms with van der Waals surface area (Å²) in [5.41, 5.74) is 5.79. The lowest BCUT2D eigenvalue weighted by molar-refractivity contribution is 1.29. The number of rotatable bonds is 4. The van der Waals surface area contributed by atoms with Crippen LogP contribution >= 0.6 is 0 Å². The Labute approximate surface area is 132 Å². The zero-order chi connectivity index (χ0) is 15.2. The number of hydrogen-bond donors (Lipinski definition) is 0. The molecule has 1 heteroatoms. The lowest BCUT2D eigenvalue weighted by Gasteiger charge is -2.08.